The van der Waals surface area contributed by atoms with Crippen molar-refractivity contribution in [2.75, 3.05) is 26.2 Å². The minimum absolute atomic E-state index is 0. The summed E-state index contributed by atoms with van der Waals surface area (Å²) in [6.45, 7) is 7.53. The highest BCUT2D eigenvalue weighted by molar-refractivity contribution is 6.31. The fraction of sp³-hybridized carbons (Fsp3) is 0.632. The Kier molecular flexibility index (Phi) is 10.2. The summed E-state index contributed by atoms with van der Waals surface area (Å²) < 4.78 is 5.74. The highest BCUT2D eigenvalue weighted by Gasteiger charge is 2.24. The average Bonchev–Trinajstić information content (AvgIpc) is 2.60. The molecule has 1 aliphatic rings. The van der Waals surface area contributed by atoms with Gasteiger partial charge in [0.15, 0.2) is 0 Å². The number of rotatable bonds is 8. The number of amides is 1. The summed E-state index contributed by atoms with van der Waals surface area (Å²) in [5.74, 6) is 1.08. The van der Waals surface area contributed by atoms with Gasteiger partial charge in [0, 0.05) is 24.0 Å². The predicted molar refractivity (Wildman–Crippen MR) is 106 cm³/mol. The monoisotopic (exact) mass is 388 g/mol. The number of halogens is 2. The molecule has 1 saturated heterocycles. The van der Waals surface area contributed by atoms with Crippen LogP contribution in [0.2, 0.25) is 5.02 Å². The summed E-state index contributed by atoms with van der Waals surface area (Å²) in [5.41, 5.74) is 1.00. The number of nitrogens with zero attached hydrogens (tertiary/aromatic N) is 1. The van der Waals surface area contributed by atoms with E-state index in [0.29, 0.717) is 19.1 Å². The quantitative estimate of drug-likeness (QED) is 0.677. The predicted octanol–water partition coefficient (Wildman–Crippen LogP) is 4.22. The molecule has 0 aliphatic carbocycles. The topological polar surface area (TPSA) is 41.6 Å². The van der Waals surface area contributed by atoms with Crippen LogP contribution in [-0.4, -0.2) is 43.1 Å². The Morgan fingerprint density at radius 3 is 2.72 bits per heavy atom. The van der Waals surface area contributed by atoms with Crippen LogP contribution in [0.25, 0.3) is 0 Å². The van der Waals surface area contributed by atoms with Gasteiger partial charge in [-0.2, -0.15) is 0 Å². The number of nitrogens with one attached hydrogen (secondary N) is 1. The van der Waals surface area contributed by atoms with Gasteiger partial charge in [-0.1, -0.05) is 18.5 Å². The van der Waals surface area contributed by atoms with Crippen LogP contribution in [0, 0.1) is 6.92 Å². The van der Waals surface area contributed by atoms with Crippen LogP contribution in [-0.2, 0) is 4.79 Å². The van der Waals surface area contributed by atoms with Crippen molar-refractivity contribution in [1.82, 2.24) is 10.2 Å². The molecule has 25 heavy (non-hydrogen) atoms. The first-order chi connectivity index (χ1) is 11.6. The Morgan fingerprint density at radius 1 is 1.36 bits per heavy atom. The molecule has 1 fully saturated rings. The molecule has 2 rings (SSSR count). The molecule has 0 bridgehead atoms. The van der Waals surface area contributed by atoms with E-state index >= 15 is 0 Å². The molecule has 0 radical (unpaired) electrons. The molecular weight excluding hydrogens is 359 g/mol. The maximum atomic E-state index is 12.6. The van der Waals surface area contributed by atoms with Crippen molar-refractivity contribution in [1.29, 1.82) is 0 Å². The molecule has 1 heterocycles. The molecule has 0 aromatic heterocycles. The zero-order chi connectivity index (χ0) is 17.4. The third kappa shape index (κ3) is 7.04. The Labute approximate surface area is 162 Å². The zero-order valence-corrected chi connectivity index (χ0v) is 16.8. The first-order valence-electron chi connectivity index (χ1n) is 9.01. The van der Waals surface area contributed by atoms with Gasteiger partial charge in [-0.15, -0.1) is 12.4 Å². The normalized spacial score (nSPS) is 14.7. The van der Waals surface area contributed by atoms with E-state index in [1.54, 1.807) is 0 Å². The van der Waals surface area contributed by atoms with Crippen molar-refractivity contribution in [2.24, 2.45) is 0 Å². The van der Waals surface area contributed by atoms with E-state index in [0.717, 1.165) is 61.7 Å². The molecule has 142 valence electrons. The number of hydrogen-bond acceptors (Lipinski definition) is 3. The summed E-state index contributed by atoms with van der Waals surface area (Å²) in [7, 11) is 0. The van der Waals surface area contributed by atoms with Gasteiger partial charge in [-0.25, -0.2) is 0 Å². The van der Waals surface area contributed by atoms with Gasteiger partial charge >= 0.3 is 0 Å². The van der Waals surface area contributed by atoms with Crippen LogP contribution in [0.1, 0.15) is 44.6 Å². The fourth-order valence-corrected chi connectivity index (χ4v) is 3.25. The molecular formula is C19H30Cl2N2O2. The highest BCUT2D eigenvalue weighted by Crippen LogP contribution is 2.21. The second-order valence-electron chi connectivity index (χ2n) is 6.43. The van der Waals surface area contributed by atoms with Gasteiger partial charge in [0.2, 0.25) is 5.91 Å². The number of carbonyl (C=O) groups is 1. The summed E-state index contributed by atoms with van der Waals surface area (Å²) in [5, 5.41) is 4.11. The van der Waals surface area contributed by atoms with Crippen LogP contribution >= 0.6 is 24.0 Å². The van der Waals surface area contributed by atoms with Crippen molar-refractivity contribution in [3.8, 4) is 5.75 Å². The largest absolute Gasteiger partial charge is 0.494 e. The van der Waals surface area contributed by atoms with E-state index in [-0.39, 0.29) is 18.3 Å². The van der Waals surface area contributed by atoms with Crippen molar-refractivity contribution in [3.63, 3.8) is 0 Å². The van der Waals surface area contributed by atoms with Gasteiger partial charge in [0.25, 0.3) is 0 Å². The lowest BCUT2D eigenvalue weighted by Gasteiger charge is -2.34. The molecule has 6 heteroatoms. The number of benzene rings is 1. The maximum absolute atomic E-state index is 12.6. The van der Waals surface area contributed by atoms with Gasteiger partial charge in [0.05, 0.1) is 6.61 Å². The average molecular weight is 389 g/mol. The first-order valence-corrected chi connectivity index (χ1v) is 9.38. The zero-order valence-electron chi connectivity index (χ0n) is 15.2. The smallest absolute Gasteiger partial charge is 0.222 e. The van der Waals surface area contributed by atoms with E-state index in [9.17, 15) is 4.79 Å². The summed E-state index contributed by atoms with van der Waals surface area (Å²) >= 11 is 6.01. The molecule has 1 aliphatic heterocycles. The summed E-state index contributed by atoms with van der Waals surface area (Å²) in [6.07, 6.45) is 4.43. The molecule has 0 unspecified atom stereocenters. The molecule has 0 saturated carbocycles. The lowest BCUT2D eigenvalue weighted by molar-refractivity contribution is -0.134. The number of carbonyl (C=O) groups excluding carboxylic acids is 1. The molecule has 1 amide bonds. The standard InChI is InChI=1S/C19H29ClN2O2.ClH/c1-3-12-22(16-8-10-21-11-9-16)19(23)5-4-13-24-17-6-7-18(20)15(2)14-17;/h6-7,14,16,21H,3-5,8-13H2,1-2H3;1H. The van der Waals surface area contributed by atoms with Crippen LogP contribution in [0.4, 0.5) is 0 Å². The van der Waals surface area contributed by atoms with Crippen LogP contribution in [0.15, 0.2) is 18.2 Å². The molecule has 0 atom stereocenters. The Morgan fingerprint density at radius 2 is 2.08 bits per heavy atom. The van der Waals surface area contributed by atoms with Crippen LogP contribution in [0.5, 0.6) is 5.75 Å². The Balaban J connectivity index is 0.00000312. The third-order valence-electron chi connectivity index (χ3n) is 4.47. The molecule has 0 spiro atoms. The Bertz CT molecular complexity index is 534. The van der Waals surface area contributed by atoms with Crippen molar-refractivity contribution in [3.05, 3.63) is 28.8 Å². The number of piperidine rings is 1. The van der Waals surface area contributed by atoms with Crippen LogP contribution < -0.4 is 10.1 Å². The molecule has 1 N–H and O–H groups in total. The third-order valence-corrected chi connectivity index (χ3v) is 4.89. The van der Waals surface area contributed by atoms with Crippen LogP contribution in [0.3, 0.4) is 0 Å². The van der Waals surface area contributed by atoms with E-state index in [1.807, 2.05) is 25.1 Å². The minimum atomic E-state index is 0. The number of hydrogen-bond donors (Lipinski definition) is 1. The van der Waals surface area contributed by atoms with Gasteiger partial charge < -0.3 is 15.0 Å². The lowest BCUT2D eigenvalue weighted by atomic mass is 10.0. The minimum Gasteiger partial charge on any atom is -0.494 e. The SMILES string of the molecule is CCCN(C(=O)CCCOc1ccc(Cl)c(C)c1)C1CCNCC1.Cl. The number of aryl methyl sites for hydroxylation is 1. The number of ether oxygens (including phenoxy) is 1. The second-order valence-corrected chi connectivity index (χ2v) is 6.84. The van der Waals surface area contributed by atoms with Crippen molar-refractivity contribution in [2.45, 2.75) is 52.0 Å². The van der Waals surface area contributed by atoms with E-state index in [4.69, 9.17) is 16.3 Å². The van der Waals surface area contributed by atoms with E-state index < -0.39 is 0 Å². The van der Waals surface area contributed by atoms with Gasteiger partial charge in [-0.05, 0) is 69.5 Å². The molecule has 1 aromatic carbocycles. The summed E-state index contributed by atoms with van der Waals surface area (Å²) in [4.78, 5) is 14.7. The Hall–Kier alpha value is -0.970. The summed E-state index contributed by atoms with van der Waals surface area (Å²) in [6, 6.07) is 6.05. The van der Waals surface area contributed by atoms with E-state index in [1.165, 1.54) is 0 Å². The maximum Gasteiger partial charge on any atom is 0.222 e. The fourth-order valence-electron chi connectivity index (χ4n) is 3.13. The molecule has 1 aromatic rings. The first kappa shape index (κ1) is 22.1. The van der Waals surface area contributed by atoms with Crippen molar-refractivity contribution >= 4 is 29.9 Å². The van der Waals surface area contributed by atoms with Crippen molar-refractivity contribution < 1.29 is 9.53 Å². The van der Waals surface area contributed by atoms with Gasteiger partial charge in [0.1, 0.15) is 5.75 Å². The second kappa shape index (κ2) is 11.6. The molecule has 4 nitrogen and oxygen atoms in total. The van der Waals surface area contributed by atoms with Gasteiger partial charge in [-0.3, -0.25) is 4.79 Å². The van der Waals surface area contributed by atoms with E-state index in [2.05, 4.69) is 17.1 Å². The lowest BCUT2D eigenvalue weighted by Crippen LogP contribution is -2.46. The highest BCUT2D eigenvalue weighted by atomic mass is 35.5.